The van der Waals surface area contributed by atoms with Crippen molar-refractivity contribution in [3.63, 3.8) is 0 Å². The van der Waals surface area contributed by atoms with Crippen molar-refractivity contribution in [2.75, 3.05) is 0 Å². The second kappa shape index (κ2) is 9.42. The quantitative estimate of drug-likeness (QED) is 0.688. The van der Waals surface area contributed by atoms with Gasteiger partial charge in [-0.3, -0.25) is 4.98 Å². The molecule has 2 rings (SSSR count). The Morgan fingerprint density at radius 1 is 1.16 bits per heavy atom. The summed E-state index contributed by atoms with van der Waals surface area (Å²) in [5.74, 6) is -0.961. The topological polar surface area (TPSA) is 91.3 Å². The third-order valence-corrected chi connectivity index (χ3v) is 3.86. The van der Waals surface area contributed by atoms with E-state index in [9.17, 15) is 9.59 Å². The number of pyridine rings is 1. The van der Waals surface area contributed by atoms with Gasteiger partial charge >= 0.3 is 12.0 Å². The van der Waals surface area contributed by atoms with Crippen LogP contribution in [-0.2, 0) is 13.0 Å². The number of nitrogens with one attached hydrogen (secondary N) is 2. The molecular formula is C19H23N3O3. The molecule has 0 saturated heterocycles. The number of benzene rings is 1. The van der Waals surface area contributed by atoms with Crippen LogP contribution in [0.1, 0.15) is 41.3 Å². The van der Waals surface area contributed by atoms with Crippen LogP contribution >= 0.6 is 0 Å². The molecule has 0 aliphatic carbocycles. The highest BCUT2D eigenvalue weighted by Gasteiger charge is 2.07. The Kier molecular flexibility index (Phi) is 6.95. The minimum absolute atomic E-state index is 0.0751. The molecule has 1 unspecified atom stereocenters. The third kappa shape index (κ3) is 6.63. The van der Waals surface area contributed by atoms with Crippen molar-refractivity contribution < 1.29 is 14.7 Å². The minimum atomic E-state index is -0.961. The number of carboxylic acid groups (broad SMARTS) is 1. The zero-order chi connectivity index (χ0) is 18.1. The van der Waals surface area contributed by atoms with Gasteiger partial charge in [-0.25, -0.2) is 9.59 Å². The van der Waals surface area contributed by atoms with E-state index in [1.54, 1.807) is 18.3 Å². The van der Waals surface area contributed by atoms with Crippen molar-refractivity contribution in [1.82, 2.24) is 15.6 Å². The van der Waals surface area contributed by atoms with Gasteiger partial charge in [0, 0.05) is 25.0 Å². The van der Waals surface area contributed by atoms with Crippen molar-refractivity contribution in [2.45, 2.75) is 38.8 Å². The Morgan fingerprint density at radius 2 is 1.92 bits per heavy atom. The van der Waals surface area contributed by atoms with Crippen LogP contribution in [0.3, 0.4) is 0 Å². The first-order chi connectivity index (χ1) is 12.0. The number of carbonyl (C=O) groups is 2. The fourth-order valence-electron chi connectivity index (χ4n) is 2.45. The van der Waals surface area contributed by atoms with Gasteiger partial charge in [-0.15, -0.1) is 0 Å². The Bertz CT molecular complexity index is 687. The number of hydrogen-bond donors (Lipinski definition) is 3. The van der Waals surface area contributed by atoms with Crippen molar-refractivity contribution in [1.29, 1.82) is 0 Å². The number of carboxylic acids is 1. The molecule has 0 aliphatic heterocycles. The predicted octanol–water partition coefficient (Wildman–Crippen LogP) is 2.99. The van der Waals surface area contributed by atoms with Gasteiger partial charge in [0.25, 0.3) is 0 Å². The van der Waals surface area contributed by atoms with E-state index in [2.05, 4.69) is 15.6 Å². The standard InChI is InChI=1S/C19H23N3O3/c1-14(4-2-5-15-6-3-11-20-12-15)22-19(25)21-13-16-7-9-17(10-8-16)18(23)24/h3,6-12,14H,2,4-5,13H2,1H3,(H,23,24)(H2,21,22,25). The summed E-state index contributed by atoms with van der Waals surface area (Å²) < 4.78 is 0. The summed E-state index contributed by atoms with van der Waals surface area (Å²) in [6.45, 7) is 2.33. The lowest BCUT2D eigenvalue weighted by molar-refractivity contribution is 0.0697. The van der Waals surface area contributed by atoms with Gasteiger partial charge in [0.15, 0.2) is 0 Å². The molecule has 2 amide bonds. The highest BCUT2D eigenvalue weighted by Crippen LogP contribution is 2.06. The number of aromatic nitrogens is 1. The Labute approximate surface area is 147 Å². The summed E-state index contributed by atoms with van der Waals surface area (Å²) >= 11 is 0. The average molecular weight is 341 g/mol. The molecule has 6 nitrogen and oxygen atoms in total. The lowest BCUT2D eigenvalue weighted by Crippen LogP contribution is -2.40. The van der Waals surface area contributed by atoms with Gasteiger partial charge in [-0.2, -0.15) is 0 Å². The normalized spacial score (nSPS) is 11.6. The van der Waals surface area contributed by atoms with Crippen LogP contribution in [-0.4, -0.2) is 28.1 Å². The number of carbonyl (C=O) groups excluding carboxylic acids is 1. The van der Waals surface area contributed by atoms with E-state index in [-0.39, 0.29) is 17.6 Å². The van der Waals surface area contributed by atoms with Gasteiger partial charge < -0.3 is 15.7 Å². The molecule has 132 valence electrons. The molecule has 1 atom stereocenters. The number of urea groups is 1. The molecule has 0 aliphatic rings. The second-order valence-corrected chi connectivity index (χ2v) is 5.98. The van der Waals surface area contributed by atoms with Crippen LogP contribution in [0.5, 0.6) is 0 Å². The summed E-state index contributed by atoms with van der Waals surface area (Å²) in [7, 11) is 0. The molecule has 1 aromatic heterocycles. The second-order valence-electron chi connectivity index (χ2n) is 5.98. The van der Waals surface area contributed by atoms with Crippen LogP contribution in [0.4, 0.5) is 4.79 Å². The molecule has 0 bridgehead atoms. The number of rotatable bonds is 8. The van der Waals surface area contributed by atoms with E-state index < -0.39 is 5.97 Å². The Hall–Kier alpha value is -2.89. The third-order valence-electron chi connectivity index (χ3n) is 3.86. The molecule has 1 heterocycles. The molecule has 1 aromatic carbocycles. The molecule has 3 N–H and O–H groups in total. The fraction of sp³-hybridized carbons (Fsp3) is 0.316. The minimum Gasteiger partial charge on any atom is -0.478 e. The summed E-state index contributed by atoms with van der Waals surface area (Å²) in [6, 6.07) is 10.3. The zero-order valence-corrected chi connectivity index (χ0v) is 14.2. The monoisotopic (exact) mass is 341 g/mol. The number of aromatic carboxylic acids is 1. The smallest absolute Gasteiger partial charge is 0.335 e. The van der Waals surface area contributed by atoms with E-state index in [1.165, 1.54) is 17.7 Å². The molecule has 0 saturated carbocycles. The molecule has 0 spiro atoms. The molecule has 0 radical (unpaired) electrons. The first-order valence-electron chi connectivity index (χ1n) is 8.30. The predicted molar refractivity (Wildman–Crippen MR) is 95.4 cm³/mol. The van der Waals surface area contributed by atoms with Crippen molar-refractivity contribution in [2.24, 2.45) is 0 Å². The summed E-state index contributed by atoms with van der Waals surface area (Å²) in [5, 5.41) is 14.5. The van der Waals surface area contributed by atoms with Gasteiger partial charge in [-0.1, -0.05) is 18.2 Å². The van der Waals surface area contributed by atoms with E-state index in [0.29, 0.717) is 6.54 Å². The Morgan fingerprint density at radius 3 is 2.56 bits per heavy atom. The lowest BCUT2D eigenvalue weighted by Gasteiger charge is -2.14. The van der Waals surface area contributed by atoms with E-state index in [4.69, 9.17) is 5.11 Å². The van der Waals surface area contributed by atoms with Crippen molar-refractivity contribution in [3.05, 3.63) is 65.5 Å². The lowest BCUT2D eigenvalue weighted by atomic mass is 10.1. The zero-order valence-electron chi connectivity index (χ0n) is 14.2. The summed E-state index contributed by atoms with van der Waals surface area (Å²) in [5.41, 5.74) is 2.28. The van der Waals surface area contributed by atoms with Crippen molar-refractivity contribution in [3.8, 4) is 0 Å². The maximum absolute atomic E-state index is 11.9. The SMILES string of the molecule is CC(CCCc1cccnc1)NC(=O)NCc1ccc(C(=O)O)cc1. The van der Waals surface area contributed by atoms with Crippen LogP contribution in [0.15, 0.2) is 48.8 Å². The summed E-state index contributed by atoms with van der Waals surface area (Å²) in [6.07, 6.45) is 6.42. The number of hydrogen-bond acceptors (Lipinski definition) is 3. The van der Waals surface area contributed by atoms with Crippen LogP contribution in [0.25, 0.3) is 0 Å². The fourth-order valence-corrected chi connectivity index (χ4v) is 2.45. The summed E-state index contributed by atoms with van der Waals surface area (Å²) in [4.78, 5) is 26.8. The number of nitrogens with zero attached hydrogens (tertiary/aromatic N) is 1. The molecular weight excluding hydrogens is 318 g/mol. The maximum Gasteiger partial charge on any atom is 0.335 e. The first-order valence-corrected chi connectivity index (χ1v) is 8.30. The largest absolute Gasteiger partial charge is 0.478 e. The van der Waals surface area contributed by atoms with E-state index >= 15 is 0 Å². The Balaban J connectivity index is 1.66. The highest BCUT2D eigenvalue weighted by molar-refractivity contribution is 5.87. The van der Waals surface area contributed by atoms with E-state index in [0.717, 1.165) is 24.8 Å². The van der Waals surface area contributed by atoms with Gasteiger partial charge in [0.05, 0.1) is 5.56 Å². The highest BCUT2D eigenvalue weighted by atomic mass is 16.4. The van der Waals surface area contributed by atoms with Gasteiger partial charge in [0.2, 0.25) is 0 Å². The van der Waals surface area contributed by atoms with Crippen LogP contribution in [0, 0.1) is 0 Å². The number of aryl methyl sites for hydroxylation is 1. The van der Waals surface area contributed by atoms with Crippen molar-refractivity contribution >= 4 is 12.0 Å². The van der Waals surface area contributed by atoms with Crippen LogP contribution in [0.2, 0.25) is 0 Å². The van der Waals surface area contributed by atoms with Gasteiger partial charge in [0.1, 0.15) is 0 Å². The molecule has 0 fully saturated rings. The number of amides is 2. The average Bonchev–Trinajstić information content (AvgIpc) is 2.61. The van der Waals surface area contributed by atoms with E-state index in [1.807, 2.05) is 25.3 Å². The maximum atomic E-state index is 11.9. The molecule has 2 aromatic rings. The molecule has 6 heteroatoms. The first kappa shape index (κ1) is 18.4. The van der Waals surface area contributed by atoms with Gasteiger partial charge in [-0.05, 0) is 55.5 Å². The molecule has 25 heavy (non-hydrogen) atoms. The van der Waals surface area contributed by atoms with Crippen LogP contribution < -0.4 is 10.6 Å².